The zero-order valence-corrected chi connectivity index (χ0v) is 15.9. The van der Waals surface area contributed by atoms with E-state index in [1.54, 1.807) is 0 Å². The summed E-state index contributed by atoms with van der Waals surface area (Å²) in [5, 5.41) is 0. The second-order valence-corrected chi connectivity index (χ2v) is 10.7. The molecule has 0 aromatic carbocycles. The van der Waals surface area contributed by atoms with Crippen LogP contribution in [0.2, 0.25) is 12.1 Å². The molecule has 0 aromatic heterocycles. The van der Waals surface area contributed by atoms with Gasteiger partial charge in [-0.15, -0.1) is 0 Å². The van der Waals surface area contributed by atoms with Crippen LogP contribution in [0.4, 0.5) is 0 Å². The van der Waals surface area contributed by atoms with Crippen molar-refractivity contribution in [2.45, 2.75) is 25.9 Å². The highest BCUT2D eigenvalue weighted by Gasteiger charge is 2.22. The highest BCUT2D eigenvalue weighted by molar-refractivity contribution is 6.66. The molecular weight excluding hydrogens is 264 g/mol. The number of hydrogen-bond acceptors (Lipinski definition) is 5. The van der Waals surface area contributed by atoms with Gasteiger partial charge in [0.25, 0.3) is 0 Å². The lowest BCUT2D eigenvalue weighted by Crippen LogP contribution is -2.35. The summed E-state index contributed by atoms with van der Waals surface area (Å²) in [5.41, 5.74) is 0. The number of Topliss-reactive ketones (excluding diaryl/α,β-unsaturated/α-hetero) is 2. The first kappa shape index (κ1) is 15.1. The zero-order chi connectivity index (χ0) is 11.8. The Hall–Kier alpha value is 0.0875. The minimum absolute atomic E-state index is 0.0754. The zero-order valence-electron chi connectivity index (χ0n) is 9.61. The van der Waals surface area contributed by atoms with E-state index in [0.29, 0.717) is 33.1 Å². The average Bonchev–Trinajstić information content (AvgIpc) is 2.14. The first-order valence-corrected chi connectivity index (χ1v) is 9.84. The van der Waals surface area contributed by atoms with E-state index in [9.17, 15) is 9.59 Å². The molecule has 0 saturated carbocycles. The van der Waals surface area contributed by atoms with Crippen molar-refractivity contribution in [3.05, 3.63) is 0 Å². The minimum atomic E-state index is -1.89. The summed E-state index contributed by atoms with van der Waals surface area (Å²) in [6, 6.07) is 0.742. The molecule has 5 nitrogen and oxygen atoms in total. The molecule has 2 atom stereocenters. The third-order valence-corrected chi connectivity index (χ3v) is 10.2. The van der Waals surface area contributed by atoms with Gasteiger partial charge in [0.05, 0.1) is 0 Å². The number of rotatable bonds is 8. The van der Waals surface area contributed by atoms with Gasteiger partial charge in [0.1, 0.15) is 32.5 Å². The SMILES string of the molecule is CC(=O)C[SiH](O[SiH3])O[SiH](CC(C)=O)O[SiH3]. The highest BCUT2D eigenvalue weighted by atomic mass is 28.4. The van der Waals surface area contributed by atoms with E-state index < -0.39 is 18.6 Å². The van der Waals surface area contributed by atoms with Gasteiger partial charge in [-0.25, -0.2) is 0 Å². The van der Waals surface area contributed by atoms with Crippen LogP contribution in [0, 0.1) is 0 Å². The van der Waals surface area contributed by atoms with Crippen molar-refractivity contribution in [2.75, 3.05) is 0 Å². The largest absolute Gasteiger partial charge is 0.447 e. The minimum Gasteiger partial charge on any atom is -0.447 e. The molecule has 0 aliphatic carbocycles. The fourth-order valence-corrected chi connectivity index (χ4v) is 8.30. The van der Waals surface area contributed by atoms with E-state index >= 15 is 0 Å². The first-order valence-electron chi connectivity index (χ1n) is 4.69. The molecule has 0 rings (SSSR count). The molecule has 0 heterocycles. The van der Waals surface area contributed by atoms with E-state index in [-0.39, 0.29) is 11.6 Å². The summed E-state index contributed by atoms with van der Waals surface area (Å²) in [6.45, 7) is 3.04. The molecule has 0 saturated heterocycles. The van der Waals surface area contributed by atoms with E-state index in [4.69, 9.17) is 12.3 Å². The molecule has 0 radical (unpaired) electrons. The summed E-state index contributed by atoms with van der Waals surface area (Å²) in [4.78, 5) is 21.8. The summed E-state index contributed by atoms with van der Waals surface area (Å²) < 4.78 is 16.2. The molecular formula is C6H18O5Si4. The topological polar surface area (TPSA) is 61.8 Å². The van der Waals surface area contributed by atoms with E-state index in [1.807, 2.05) is 0 Å². The quantitative estimate of drug-likeness (QED) is 0.451. The van der Waals surface area contributed by atoms with Gasteiger partial charge >= 0.3 is 18.6 Å². The average molecular weight is 283 g/mol. The maximum absolute atomic E-state index is 10.9. The van der Waals surface area contributed by atoms with Crippen LogP contribution in [0.1, 0.15) is 13.8 Å². The van der Waals surface area contributed by atoms with Crippen LogP contribution in [-0.2, 0) is 21.9 Å². The standard InChI is InChI=1S/C6H18O5Si4/c1-5(7)3-14(9-12)11-15(10-13)4-6(2)8/h14-15H,3-4H2,1-2,12-13H3. The summed E-state index contributed by atoms with van der Waals surface area (Å²) in [7, 11) is -2.65. The molecule has 88 valence electrons. The molecule has 0 aliphatic rings. The monoisotopic (exact) mass is 282 g/mol. The molecule has 9 heteroatoms. The number of hydrogen-bond donors (Lipinski definition) is 0. The third kappa shape index (κ3) is 7.95. The van der Waals surface area contributed by atoms with Crippen molar-refractivity contribution in [1.82, 2.24) is 0 Å². The second-order valence-electron chi connectivity index (χ2n) is 3.28. The van der Waals surface area contributed by atoms with Crippen LogP contribution < -0.4 is 0 Å². The van der Waals surface area contributed by atoms with Gasteiger partial charge in [0, 0.05) is 12.1 Å². The van der Waals surface area contributed by atoms with E-state index in [2.05, 4.69) is 0 Å². The van der Waals surface area contributed by atoms with Crippen LogP contribution in [0.25, 0.3) is 0 Å². The first-order chi connectivity index (χ1) is 6.99. The van der Waals surface area contributed by atoms with Crippen molar-refractivity contribution in [3.63, 3.8) is 0 Å². The smallest absolute Gasteiger partial charge is 0.309 e. The normalized spacial score (nSPS) is 15.1. The molecule has 0 bridgehead atoms. The molecule has 0 N–H and O–H groups in total. The van der Waals surface area contributed by atoms with Crippen molar-refractivity contribution in [3.8, 4) is 0 Å². The molecule has 2 unspecified atom stereocenters. The van der Waals surface area contributed by atoms with Gasteiger partial charge < -0.3 is 21.9 Å². The molecule has 0 aromatic rings. The Balaban J connectivity index is 4.10. The predicted octanol–water partition coefficient (Wildman–Crippen LogP) is -2.78. The third-order valence-electron chi connectivity index (χ3n) is 1.74. The molecule has 0 spiro atoms. The van der Waals surface area contributed by atoms with Gasteiger partial charge in [-0.1, -0.05) is 0 Å². The van der Waals surface area contributed by atoms with Crippen LogP contribution in [-0.4, -0.2) is 51.1 Å². The van der Waals surface area contributed by atoms with Crippen LogP contribution in [0.3, 0.4) is 0 Å². The van der Waals surface area contributed by atoms with Crippen LogP contribution >= 0.6 is 0 Å². The fraction of sp³-hybridized carbons (Fsp3) is 0.667. The maximum Gasteiger partial charge on any atom is 0.309 e. The molecule has 0 aliphatic heterocycles. The van der Waals surface area contributed by atoms with E-state index in [1.165, 1.54) is 13.8 Å². The maximum atomic E-state index is 10.9. The van der Waals surface area contributed by atoms with Crippen molar-refractivity contribution >= 4 is 51.1 Å². The van der Waals surface area contributed by atoms with Crippen molar-refractivity contribution < 1.29 is 21.9 Å². The Morgan fingerprint density at radius 2 is 1.33 bits per heavy atom. The Kier molecular flexibility index (Phi) is 8.31. The predicted molar refractivity (Wildman–Crippen MR) is 68.4 cm³/mol. The second kappa shape index (κ2) is 8.26. The van der Waals surface area contributed by atoms with Crippen LogP contribution in [0.15, 0.2) is 0 Å². The lowest BCUT2D eigenvalue weighted by Gasteiger charge is -2.19. The summed E-state index contributed by atoms with van der Waals surface area (Å²) in [6.07, 6.45) is 0. The van der Waals surface area contributed by atoms with E-state index in [0.717, 1.165) is 0 Å². The van der Waals surface area contributed by atoms with Gasteiger partial charge in [-0.2, -0.15) is 0 Å². The van der Waals surface area contributed by atoms with Crippen molar-refractivity contribution in [2.24, 2.45) is 0 Å². The number of ketones is 2. The Morgan fingerprint density at radius 3 is 1.53 bits per heavy atom. The van der Waals surface area contributed by atoms with Gasteiger partial charge in [-0.3, -0.25) is 0 Å². The molecule has 15 heavy (non-hydrogen) atoms. The molecule has 0 fully saturated rings. The number of carbonyl (C=O) groups excluding carboxylic acids is 2. The van der Waals surface area contributed by atoms with Crippen molar-refractivity contribution in [1.29, 1.82) is 0 Å². The highest BCUT2D eigenvalue weighted by Crippen LogP contribution is 2.04. The lowest BCUT2D eigenvalue weighted by molar-refractivity contribution is -0.115. The molecule has 0 amide bonds. The number of carbonyl (C=O) groups is 2. The summed E-state index contributed by atoms with van der Waals surface area (Å²) >= 11 is 0. The lowest BCUT2D eigenvalue weighted by atomic mass is 10.5. The Labute approximate surface area is 99.3 Å². The fourth-order valence-electron chi connectivity index (χ4n) is 1.01. The summed E-state index contributed by atoms with van der Waals surface area (Å²) in [5.74, 6) is 0.151. The Bertz CT molecular complexity index is 202. The van der Waals surface area contributed by atoms with Gasteiger partial charge in [0.2, 0.25) is 0 Å². The van der Waals surface area contributed by atoms with Gasteiger partial charge in [0.15, 0.2) is 0 Å². The van der Waals surface area contributed by atoms with Crippen LogP contribution in [0.5, 0.6) is 0 Å². The van der Waals surface area contributed by atoms with Gasteiger partial charge in [-0.05, 0) is 13.8 Å². The Morgan fingerprint density at radius 1 is 1.00 bits per heavy atom.